The average Bonchev–Trinajstić information content (AvgIpc) is 2.79. The predicted octanol–water partition coefficient (Wildman–Crippen LogP) is 4.58. The second-order valence-corrected chi connectivity index (χ2v) is 8.94. The Bertz CT molecular complexity index is 982. The van der Waals surface area contributed by atoms with Crippen molar-refractivity contribution >= 4 is 41.0 Å². The van der Waals surface area contributed by atoms with E-state index in [1.54, 1.807) is 42.5 Å². The monoisotopic (exact) mass is 493 g/mol. The summed E-state index contributed by atoms with van der Waals surface area (Å²) >= 11 is 12.3. The zero-order valence-electron chi connectivity index (χ0n) is 17.8. The van der Waals surface area contributed by atoms with Crippen molar-refractivity contribution in [3.05, 3.63) is 63.6 Å². The van der Waals surface area contributed by atoms with Crippen molar-refractivity contribution in [1.82, 2.24) is 5.32 Å². The van der Waals surface area contributed by atoms with Gasteiger partial charge in [0.15, 0.2) is 0 Å². The van der Waals surface area contributed by atoms with Crippen LogP contribution in [0.4, 0.5) is 0 Å². The minimum absolute atomic E-state index is 0.113. The third-order valence-corrected chi connectivity index (χ3v) is 6.58. The Morgan fingerprint density at radius 3 is 2.06 bits per heavy atom. The maximum Gasteiger partial charge on any atom is 0.326 e. The van der Waals surface area contributed by atoms with Crippen molar-refractivity contribution in [2.45, 2.75) is 44.8 Å². The van der Waals surface area contributed by atoms with Crippen molar-refractivity contribution in [3.8, 4) is 5.75 Å². The highest BCUT2D eigenvalue weighted by Gasteiger charge is 2.31. The van der Waals surface area contributed by atoms with Crippen molar-refractivity contribution in [2.75, 3.05) is 0 Å². The molecule has 1 aliphatic rings. The number of rotatable bonds is 9. The Balaban J connectivity index is 1.55. The minimum Gasteiger partial charge on any atom is -0.489 e. The van der Waals surface area contributed by atoms with Gasteiger partial charge in [0.2, 0.25) is 5.91 Å². The van der Waals surface area contributed by atoms with E-state index in [-0.39, 0.29) is 24.9 Å². The number of hydrogen-bond acceptors (Lipinski definition) is 4. The fraction of sp³-hybridized carbons (Fsp3) is 0.375. The second kappa shape index (κ2) is 11.4. The van der Waals surface area contributed by atoms with Gasteiger partial charge in [0, 0.05) is 27.9 Å². The molecule has 0 radical (unpaired) electrons. The number of carboxylic acid groups (broad SMARTS) is 2. The number of carboxylic acids is 2. The molecule has 3 rings (SSSR count). The molecule has 0 aliphatic heterocycles. The highest BCUT2D eigenvalue weighted by Crippen LogP contribution is 2.29. The van der Waals surface area contributed by atoms with Gasteiger partial charge in [-0.25, -0.2) is 4.79 Å². The lowest BCUT2D eigenvalue weighted by atomic mass is 9.81. The molecule has 1 amide bonds. The molecule has 2 aromatic carbocycles. The summed E-state index contributed by atoms with van der Waals surface area (Å²) in [6.45, 7) is 0.190. The summed E-state index contributed by atoms with van der Waals surface area (Å²) in [5.74, 6) is -2.55. The van der Waals surface area contributed by atoms with E-state index in [4.69, 9.17) is 33.0 Å². The molecule has 0 spiro atoms. The van der Waals surface area contributed by atoms with Crippen molar-refractivity contribution in [2.24, 2.45) is 11.8 Å². The Hall–Kier alpha value is -2.77. The molecule has 1 saturated carbocycles. The standard InChI is InChI=1S/C24H25Cl2NO6/c25-19-2-1-3-20(26)18(19)13-33-17-10-4-14(5-11-17)12-21(24(31)32)27-22(28)15-6-8-16(9-7-15)23(29)30/h1-5,10-11,15-16,21H,6-9,12-13H2,(H,27,28)(H,29,30)(H,31,32)/t15?,16?,21-/m0/s1. The summed E-state index contributed by atoms with van der Waals surface area (Å²) in [7, 11) is 0. The number of hydrogen-bond donors (Lipinski definition) is 3. The zero-order valence-corrected chi connectivity index (χ0v) is 19.3. The van der Waals surface area contributed by atoms with Gasteiger partial charge in [0.25, 0.3) is 0 Å². The molecule has 176 valence electrons. The first-order valence-corrected chi connectivity index (χ1v) is 11.4. The first kappa shape index (κ1) is 24.9. The Kier molecular flexibility index (Phi) is 8.58. The third kappa shape index (κ3) is 6.85. The molecular formula is C24H25Cl2NO6. The lowest BCUT2D eigenvalue weighted by Crippen LogP contribution is -2.45. The molecule has 0 unspecified atom stereocenters. The maximum atomic E-state index is 12.5. The van der Waals surface area contributed by atoms with Crippen molar-refractivity contribution < 1.29 is 29.3 Å². The summed E-state index contributed by atoms with van der Waals surface area (Å²) in [5.41, 5.74) is 1.40. The van der Waals surface area contributed by atoms with Crippen LogP contribution in [0.2, 0.25) is 10.0 Å². The van der Waals surface area contributed by atoms with Gasteiger partial charge in [-0.05, 0) is 55.5 Å². The summed E-state index contributed by atoms with van der Waals surface area (Å²) in [4.78, 5) is 35.3. The molecular weight excluding hydrogens is 469 g/mol. The van der Waals surface area contributed by atoms with Crippen LogP contribution in [0.5, 0.6) is 5.75 Å². The van der Waals surface area contributed by atoms with Crippen LogP contribution in [-0.4, -0.2) is 34.1 Å². The molecule has 1 aliphatic carbocycles. The summed E-state index contributed by atoms with van der Waals surface area (Å²) < 4.78 is 5.73. The Morgan fingerprint density at radius 2 is 1.52 bits per heavy atom. The normalized spacial score (nSPS) is 18.8. The highest BCUT2D eigenvalue weighted by molar-refractivity contribution is 6.35. The van der Waals surface area contributed by atoms with Crippen LogP contribution in [0.25, 0.3) is 0 Å². The van der Waals surface area contributed by atoms with Crippen LogP contribution in [-0.2, 0) is 27.4 Å². The Labute approximate surface area is 201 Å². The van der Waals surface area contributed by atoms with E-state index < -0.39 is 23.9 Å². The molecule has 33 heavy (non-hydrogen) atoms. The first-order valence-electron chi connectivity index (χ1n) is 10.6. The lowest BCUT2D eigenvalue weighted by molar-refractivity contribution is -0.144. The van der Waals surface area contributed by atoms with Gasteiger partial charge < -0.3 is 20.3 Å². The number of amides is 1. The number of ether oxygens (including phenoxy) is 1. The SMILES string of the molecule is O=C(O)C1CCC(C(=O)N[C@@H](Cc2ccc(OCc3c(Cl)cccc3Cl)cc2)C(=O)O)CC1. The van der Waals surface area contributed by atoms with Crippen LogP contribution < -0.4 is 10.1 Å². The molecule has 7 nitrogen and oxygen atoms in total. The van der Waals surface area contributed by atoms with Gasteiger partial charge in [-0.1, -0.05) is 41.4 Å². The molecule has 0 heterocycles. The van der Waals surface area contributed by atoms with E-state index in [0.29, 0.717) is 47.0 Å². The number of benzene rings is 2. The molecule has 1 fully saturated rings. The van der Waals surface area contributed by atoms with Crippen LogP contribution in [0.3, 0.4) is 0 Å². The molecule has 3 N–H and O–H groups in total. The summed E-state index contributed by atoms with van der Waals surface area (Å²) in [6, 6.07) is 11.0. The van der Waals surface area contributed by atoms with Crippen molar-refractivity contribution in [1.29, 1.82) is 0 Å². The van der Waals surface area contributed by atoms with Gasteiger partial charge in [-0.2, -0.15) is 0 Å². The van der Waals surface area contributed by atoms with Gasteiger partial charge in [0.05, 0.1) is 5.92 Å². The Morgan fingerprint density at radius 1 is 0.939 bits per heavy atom. The number of carbonyl (C=O) groups is 3. The smallest absolute Gasteiger partial charge is 0.326 e. The predicted molar refractivity (Wildman–Crippen MR) is 124 cm³/mol. The molecule has 0 bridgehead atoms. The highest BCUT2D eigenvalue weighted by atomic mass is 35.5. The van der Waals surface area contributed by atoms with Crippen molar-refractivity contribution in [3.63, 3.8) is 0 Å². The van der Waals surface area contributed by atoms with E-state index >= 15 is 0 Å². The largest absolute Gasteiger partial charge is 0.489 e. The second-order valence-electron chi connectivity index (χ2n) is 8.12. The number of aliphatic carboxylic acids is 2. The van der Waals surface area contributed by atoms with E-state index in [1.807, 2.05) is 0 Å². The van der Waals surface area contributed by atoms with Crippen LogP contribution in [0.1, 0.15) is 36.8 Å². The minimum atomic E-state index is -1.13. The van der Waals surface area contributed by atoms with E-state index in [1.165, 1.54) is 0 Å². The average molecular weight is 494 g/mol. The zero-order chi connectivity index (χ0) is 24.0. The summed E-state index contributed by atoms with van der Waals surface area (Å²) in [6.07, 6.45) is 1.84. The topological polar surface area (TPSA) is 113 Å². The lowest BCUT2D eigenvalue weighted by Gasteiger charge is -2.26. The quantitative estimate of drug-likeness (QED) is 0.471. The van der Waals surface area contributed by atoms with Crippen LogP contribution in [0.15, 0.2) is 42.5 Å². The van der Waals surface area contributed by atoms with E-state index in [2.05, 4.69) is 5.32 Å². The molecule has 1 atom stereocenters. The van der Waals surface area contributed by atoms with Crippen LogP contribution >= 0.6 is 23.2 Å². The van der Waals surface area contributed by atoms with Gasteiger partial charge in [-0.15, -0.1) is 0 Å². The first-order chi connectivity index (χ1) is 15.7. The molecule has 0 saturated heterocycles. The molecule has 0 aromatic heterocycles. The third-order valence-electron chi connectivity index (χ3n) is 5.87. The maximum absolute atomic E-state index is 12.5. The number of carbonyl (C=O) groups excluding carboxylic acids is 1. The fourth-order valence-corrected chi connectivity index (χ4v) is 4.38. The molecule has 9 heteroatoms. The van der Waals surface area contributed by atoms with Gasteiger partial charge in [0.1, 0.15) is 18.4 Å². The van der Waals surface area contributed by atoms with Crippen LogP contribution in [0, 0.1) is 11.8 Å². The van der Waals surface area contributed by atoms with Gasteiger partial charge in [-0.3, -0.25) is 9.59 Å². The number of halogens is 2. The number of nitrogens with one attached hydrogen (secondary N) is 1. The van der Waals surface area contributed by atoms with E-state index in [0.717, 1.165) is 5.56 Å². The molecule has 2 aromatic rings. The summed E-state index contributed by atoms with van der Waals surface area (Å²) in [5, 5.41) is 22.3. The van der Waals surface area contributed by atoms with Gasteiger partial charge >= 0.3 is 11.9 Å². The fourth-order valence-electron chi connectivity index (χ4n) is 3.88. The van der Waals surface area contributed by atoms with E-state index in [9.17, 15) is 19.5 Å².